The summed E-state index contributed by atoms with van der Waals surface area (Å²) in [5.41, 5.74) is 25.9. The Kier molecular flexibility index (Phi) is 11.3. The Balaban J connectivity index is 0.949. The van der Waals surface area contributed by atoms with E-state index in [2.05, 4.69) is 343 Å². The molecule has 0 fully saturated rings. The lowest BCUT2D eigenvalue weighted by molar-refractivity contribution is 0.591. The summed E-state index contributed by atoms with van der Waals surface area (Å²) < 4.78 is 4.93. The van der Waals surface area contributed by atoms with Gasteiger partial charge in [-0.05, 0) is 173 Å². The highest BCUT2D eigenvalue weighted by Crippen LogP contribution is 2.50. The molecule has 0 unspecified atom stereocenters. The maximum Gasteiger partial charge on any atom is 0.252 e. The average Bonchev–Trinajstić information content (AvgIpc) is 1.21. The normalized spacial score (nSPS) is 12.8. The van der Waals surface area contributed by atoms with E-state index in [-0.39, 0.29) is 12.1 Å². The van der Waals surface area contributed by atoms with Crippen LogP contribution in [0, 0.1) is 0 Å². The quantitative estimate of drug-likeness (QED) is 0.117. The molecule has 5 heteroatoms. The van der Waals surface area contributed by atoms with Crippen LogP contribution in [0.25, 0.3) is 110 Å². The van der Waals surface area contributed by atoms with Crippen molar-refractivity contribution in [2.24, 2.45) is 0 Å². The average molecular weight is 1140 g/mol. The third-order valence-corrected chi connectivity index (χ3v) is 19.2. The Morgan fingerprint density at radius 1 is 0.258 bits per heavy atom. The summed E-state index contributed by atoms with van der Waals surface area (Å²) in [5, 5.41) is 9.93. The lowest BCUT2D eigenvalue weighted by Gasteiger charge is -2.44. The molecule has 0 bridgehead atoms. The number of para-hydroxylation sites is 6. The van der Waals surface area contributed by atoms with E-state index in [1.54, 1.807) is 0 Å². The van der Waals surface area contributed by atoms with E-state index in [0.29, 0.717) is 0 Å². The number of rotatable bonds is 7. The van der Waals surface area contributed by atoms with Gasteiger partial charge in [-0.15, -0.1) is 0 Å². The minimum atomic E-state index is -0.190. The molecule has 2 aliphatic heterocycles. The topological polar surface area (TPSA) is 16.3 Å². The highest BCUT2D eigenvalue weighted by molar-refractivity contribution is 7.00. The highest BCUT2D eigenvalue weighted by Gasteiger charge is 2.44. The van der Waals surface area contributed by atoms with Crippen LogP contribution in [0.4, 0.5) is 34.1 Å². The molecule has 0 spiro atoms. The van der Waals surface area contributed by atoms with Gasteiger partial charge < -0.3 is 18.9 Å². The van der Waals surface area contributed by atoms with Gasteiger partial charge in [0.1, 0.15) is 0 Å². The van der Waals surface area contributed by atoms with E-state index in [9.17, 15) is 0 Å². The highest BCUT2D eigenvalue weighted by atomic mass is 15.2. The molecule has 16 aromatic rings. The number of hydrogen-bond donors (Lipinski definition) is 0. The van der Waals surface area contributed by atoms with Crippen molar-refractivity contribution < 1.29 is 0 Å². The van der Waals surface area contributed by atoms with Crippen LogP contribution in [0.5, 0.6) is 0 Å². The second-order valence-corrected chi connectivity index (χ2v) is 25.2. The van der Waals surface area contributed by atoms with Crippen molar-refractivity contribution >= 4 is 122 Å². The zero-order chi connectivity index (χ0) is 59.1. The minimum absolute atomic E-state index is 0.129. The van der Waals surface area contributed by atoms with E-state index < -0.39 is 0 Å². The summed E-state index contributed by atoms with van der Waals surface area (Å²) in [5.74, 6) is 0. The summed E-state index contributed by atoms with van der Waals surface area (Å²) in [4.78, 5) is 5.15. The number of aromatic nitrogens is 2. The number of anilines is 6. The molecule has 2 aliphatic rings. The molecule has 2 aromatic heterocycles. The van der Waals surface area contributed by atoms with Gasteiger partial charge in [-0.1, -0.05) is 233 Å². The van der Waals surface area contributed by atoms with Crippen molar-refractivity contribution in [1.29, 1.82) is 0 Å². The first-order valence-corrected chi connectivity index (χ1v) is 31.1. The first kappa shape index (κ1) is 51.1. The fourth-order valence-corrected chi connectivity index (χ4v) is 15.3. The monoisotopic (exact) mass is 1130 g/mol. The van der Waals surface area contributed by atoms with Gasteiger partial charge in [0.15, 0.2) is 0 Å². The number of hydrogen-bond acceptors (Lipinski definition) is 2. The van der Waals surface area contributed by atoms with Gasteiger partial charge in [0.2, 0.25) is 0 Å². The van der Waals surface area contributed by atoms with Crippen molar-refractivity contribution in [2.75, 3.05) is 9.80 Å². The summed E-state index contributed by atoms with van der Waals surface area (Å²) >= 11 is 0. The smallest absolute Gasteiger partial charge is 0.252 e. The third kappa shape index (κ3) is 7.81. The van der Waals surface area contributed by atoms with Crippen molar-refractivity contribution in [3.05, 3.63) is 309 Å². The standard InChI is InChI=1S/C84H59BN4/c1-84(2,3)58-48-55(47-57(49-58)82-69-37-15-13-35-67(69)81(54-25-7-4-8-26-54)68-36-14-16-38-70(68)82)56-50-79-83-80(51-56)87(60-29-11-6-12-30-60)78-53-62(89-75-41-23-19-33-65(75)66-34-20-24-42-76(66)89)44-46-72(78)85(83)71-45-43-61(52-77(71)86(79)59-27-9-5-10-28-59)88-73-39-21-17-31-63(73)64-32-18-22-40-74(64)88/h4-53H,1-3H3. The molecule has 418 valence electrons. The van der Waals surface area contributed by atoms with E-state index in [0.717, 1.165) is 51.1 Å². The zero-order valence-electron chi connectivity index (χ0n) is 49.7. The number of benzene rings is 14. The van der Waals surface area contributed by atoms with Crippen LogP contribution in [-0.4, -0.2) is 15.8 Å². The first-order valence-electron chi connectivity index (χ1n) is 31.1. The Labute approximate surface area is 518 Å². The zero-order valence-corrected chi connectivity index (χ0v) is 49.7. The molecule has 0 saturated carbocycles. The summed E-state index contributed by atoms with van der Waals surface area (Å²) in [6.07, 6.45) is 0. The molecule has 0 atom stereocenters. The SMILES string of the molecule is CC(C)(C)c1cc(-c2cc3c4c(c2)N(c2ccccc2)c2cc(-n5c6ccccc6c6ccccc65)ccc2B4c2ccc(-n4c5ccccc5c5ccccc54)cc2N3c2ccccc2)cc(-c2c3ccccc3c(-c3ccccc3)c3ccccc23)c1. The molecule has 0 radical (unpaired) electrons. The number of fused-ring (bicyclic) bond motifs is 12. The van der Waals surface area contributed by atoms with Crippen LogP contribution in [0.3, 0.4) is 0 Å². The van der Waals surface area contributed by atoms with Crippen LogP contribution in [-0.2, 0) is 5.41 Å². The summed E-state index contributed by atoms with van der Waals surface area (Å²) in [6, 6.07) is 114. The molecule has 18 rings (SSSR count). The van der Waals surface area contributed by atoms with Gasteiger partial charge in [-0.2, -0.15) is 0 Å². The largest absolute Gasteiger partial charge is 0.311 e. The molecule has 0 amide bonds. The lowest BCUT2D eigenvalue weighted by atomic mass is 9.33. The predicted octanol–water partition coefficient (Wildman–Crippen LogP) is 20.6. The molecular formula is C84H59BN4. The van der Waals surface area contributed by atoms with Gasteiger partial charge in [0, 0.05) is 67.0 Å². The number of nitrogens with zero attached hydrogens (tertiary/aromatic N) is 4. The van der Waals surface area contributed by atoms with Crippen molar-refractivity contribution in [3.8, 4) is 44.8 Å². The van der Waals surface area contributed by atoms with Crippen molar-refractivity contribution in [1.82, 2.24) is 9.13 Å². The van der Waals surface area contributed by atoms with E-state index in [1.165, 1.54) is 115 Å². The van der Waals surface area contributed by atoms with Crippen molar-refractivity contribution in [3.63, 3.8) is 0 Å². The van der Waals surface area contributed by atoms with Crippen LogP contribution in [0.15, 0.2) is 303 Å². The van der Waals surface area contributed by atoms with Gasteiger partial charge in [-0.25, -0.2) is 0 Å². The molecule has 14 aromatic carbocycles. The fraction of sp³-hybridized carbons (Fsp3) is 0.0476. The van der Waals surface area contributed by atoms with Gasteiger partial charge in [0.25, 0.3) is 6.71 Å². The molecular weight excluding hydrogens is 1080 g/mol. The minimum Gasteiger partial charge on any atom is -0.311 e. The van der Waals surface area contributed by atoms with Crippen molar-refractivity contribution in [2.45, 2.75) is 26.2 Å². The Bertz CT molecular complexity index is 5160. The second kappa shape index (κ2) is 19.7. The van der Waals surface area contributed by atoms with Gasteiger partial charge in [0.05, 0.1) is 22.1 Å². The van der Waals surface area contributed by atoms with Crippen LogP contribution in [0.1, 0.15) is 26.3 Å². The van der Waals surface area contributed by atoms with Gasteiger partial charge in [-0.3, -0.25) is 0 Å². The fourth-order valence-electron chi connectivity index (χ4n) is 15.3. The molecule has 4 nitrogen and oxygen atoms in total. The molecule has 89 heavy (non-hydrogen) atoms. The first-order chi connectivity index (χ1) is 43.8. The summed E-state index contributed by atoms with van der Waals surface area (Å²) in [6.45, 7) is 6.95. The van der Waals surface area contributed by atoms with Crippen LogP contribution >= 0.6 is 0 Å². The maximum absolute atomic E-state index is 2.57. The van der Waals surface area contributed by atoms with Crippen LogP contribution in [0.2, 0.25) is 0 Å². The second-order valence-electron chi connectivity index (χ2n) is 25.2. The van der Waals surface area contributed by atoms with E-state index in [4.69, 9.17) is 0 Å². The molecule has 4 heterocycles. The van der Waals surface area contributed by atoms with Crippen LogP contribution < -0.4 is 26.2 Å². The van der Waals surface area contributed by atoms with E-state index >= 15 is 0 Å². The van der Waals surface area contributed by atoms with Gasteiger partial charge >= 0.3 is 0 Å². The Morgan fingerprint density at radius 2 is 0.596 bits per heavy atom. The molecule has 0 N–H and O–H groups in total. The molecule has 0 aliphatic carbocycles. The summed E-state index contributed by atoms with van der Waals surface area (Å²) in [7, 11) is 0. The third-order valence-electron chi connectivity index (χ3n) is 19.2. The Hall–Kier alpha value is -11.1. The maximum atomic E-state index is 2.57. The molecule has 0 saturated heterocycles. The Morgan fingerprint density at radius 3 is 1.00 bits per heavy atom. The predicted molar refractivity (Wildman–Crippen MR) is 379 cm³/mol. The van der Waals surface area contributed by atoms with E-state index in [1.807, 2.05) is 0 Å². The lowest BCUT2D eigenvalue weighted by Crippen LogP contribution is -2.61.